The number of urea groups is 1. The minimum absolute atomic E-state index is 0.0124. The van der Waals surface area contributed by atoms with Crippen LogP contribution in [-0.4, -0.2) is 20.8 Å². The molecule has 6 nitrogen and oxygen atoms in total. The number of nitrogens with zero attached hydrogens (tertiary/aromatic N) is 3. The third-order valence-electron chi connectivity index (χ3n) is 5.32. The molecule has 0 saturated heterocycles. The maximum atomic E-state index is 13.9. The fourth-order valence-corrected chi connectivity index (χ4v) is 4.61. The first-order valence-electron chi connectivity index (χ1n) is 10.7. The number of hydrogen-bond donors (Lipinski definition) is 2. The Kier molecular flexibility index (Phi) is 7.67. The van der Waals surface area contributed by atoms with Gasteiger partial charge in [0.15, 0.2) is 11.0 Å². The number of halogens is 3. The van der Waals surface area contributed by atoms with Crippen LogP contribution in [0.2, 0.25) is 5.02 Å². The number of aryl methyl sites for hydroxylation is 2. The predicted octanol–water partition coefficient (Wildman–Crippen LogP) is 6.43. The van der Waals surface area contributed by atoms with Gasteiger partial charge in [-0.3, -0.25) is 4.57 Å². The van der Waals surface area contributed by atoms with Crippen molar-refractivity contribution >= 4 is 35.1 Å². The summed E-state index contributed by atoms with van der Waals surface area (Å²) in [6.45, 7) is 4.01. The minimum atomic E-state index is -0.868. The molecule has 0 unspecified atom stereocenters. The normalized spacial score (nSPS) is 10.9. The van der Waals surface area contributed by atoms with Crippen LogP contribution in [0.25, 0.3) is 5.69 Å². The molecule has 0 spiro atoms. The third-order valence-corrected chi connectivity index (χ3v) is 6.53. The van der Waals surface area contributed by atoms with E-state index in [9.17, 15) is 13.6 Å². The van der Waals surface area contributed by atoms with E-state index in [2.05, 4.69) is 39.9 Å². The van der Waals surface area contributed by atoms with E-state index in [0.29, 0.717) is 27.8 Å². The SMILES string of the molecule is Cc1ccccc1CSc1nnc(CNC(=O)Nc2ccc(F)cc2F)n1-c1cc(Cl)ccc1C. The van der Waals surface area contributed by atoms with Crippen LogP contribution in [-0.2, 0) is 12.3 Å². The lowest BCUT2D eigenvalue weighted by molar-refractivity contribution is 0.251. The van der Waals surface area contributed by atoms with Crippen LogP contribution in [0.15, 0.2) is 65.8 Å². The van der Waals surface area contributed by atoms with Gasteiger partial charge in [-0.05, 0) is 54.8 Å². The molecule has 0 atom stereocenters. The second-order valence-electron chi connectivity index (χ2n) is 7.81. The number of aromatic nitrogens is 3. The van der Waals surface area contributed by atoms with Crippen LogP contribution in [0.3, 0.4) is 0 Å². The number of carbonyl (C=O) groups is 1. The fraction of sp³-hybridized carbons (Fsp3) is 0.160. The standard InChI is InChI=1S/C25H22ClF2N5OS/c1-15-5-3-4-6-17(15)14-35-25-32-31-23(33(25)22-11-18(26)8-7-16(22)2)13-29-24(34)30-21-10-9-19(27)12-20(21)28/h3-12H,13-14H2,1-2H3,(H2,29,30,34). The summed E-state index contributed by atoms with van der Waals surface area (Å²) in [5, 5.41) is 14.9. The third kappa shape index (κ3) is 5.98. The van der Waals surface area contributed by atoms with Crippen molar-refractivity contribution in [3.8, 4) is 5.69 Å². The summed E-state index contributed by atoms with van der Waals surface area (Å²) in [4.78, 5) is 12.4. The van der Waals surface area contributed by atoms with Gasteiger partial charge in [0.2, 0.25) is 0 Å². The summed E-state index contributed by atoms with van der Waals surface area (Å²) in [6, 6.07) is 15.9. The molecule has 4 aromatic rings. The molecule has 1 aromatic heterocycles. The van der Waals surface area contributed by atoms with Crippen molar-refractivity contribution in [2.75, 3.05) is 5.32 Å². The van der Waals surface area contributed by atoms with Crippen molar-refractivity contribution < 1.29 is 13.6 Å². The molecule has 2 amide bonds. The first-order valence-corrected chi connectivity index (χ1v) is 12.1. The number of rotatable bonds is 7. The summed E-state index contributed by atoms with van der Waals surface area (Å²) in [6.07, 6.45) is 0. The minimum Gasteiger partial charge on any atom is -0.331 e. The van der Waals surface area contributed by atoms with Gasteiger partial charge in [0.1, 0.15) is 11.6 Å². The number of anilines is 1. The molecule has 0 aliphatic rings. The van der Waals surface area contributed by atoms with E-state index >= 15 is 0 Å². The summed E-state index contributed by atoms with van der Waals surface area (Å²) >= 11 is 7.79. The smallest absolute Gasteiger partial charge is 0.319 e. The van der Waals surface area contributed by atoms with Crippen molar-refractivity contribution in [1.82, 2.24) is 20.1 Å². The molecule has 0 aliphatic heterocycles. The van der Waals surface area contributed by atoms with E-state index in [1.54, 1.807) is 6.07 Å². The Labute approximate surface area is 210 Å². The molecule has 0 fully saturated rings. The molecule has 180 valence electrons. The van der Waals surface area contributed by atoms with E-state index < -0.39 is 17.7 Å². The van der Waals surface area contributed by atoms with Crippen LogP contribution in [0, 0.1) is 25.5 Å². The van der Waals surface area contributed by atoms with Crippen LogP contribution < -0.4 is 10.6 Å². The van der Waals surface area contributed by atoms with Crippen LogP contribution >= 0.6 is 23.4 Å². The first-order chi connectivity index (χ1) is 16.8. The Morgan fingerprint density at radius 3 is 2.60 bits per heavy atom. The second-order valence-corrected chi connectivity index (χ2v) is 9.19. The van der Waals surface area contributed by atoms with Crippen molar-refractivity contribution in [2.24, 2.45) is 0 Å². The van der Waals surface area contributed by atoms with E-state index in [0.717, 1.165) is 23.4 Å². The van der Waals surface area contributed by atoms with Gasteiger partial charge >= 0.3 is 6.03 Å². The quantitative estimate of drug-likeness (QED) is 0.279. The molecular weight excluding hydrogens is 492 g/mol. The monoisotopic (exact) mass is 513 g/mol. The number of benzene rings is 3. The summed E-state index contributed by atoms with van der Waals surface area (Å²) in [5.74, 6) is -0.443. The Balaban J connectivity index is 1.57. The Bertz CT molecular complexity index is 1380. The lowest BCUT2D eigenvalue weighted by Crippen LogP contribution is -2.29. The lowest BCUT2D eigenvalue weighted by Gasteiger charge is -2.14. The average Bonchev–Trinajstić information content (AvgIpc) is 3.23. The van der Waals surface area contributed by atoms with Crippen molar-refractivity contribution in [1.29, 1.82) is 0 Å². The summed E-state index contributed by atoms with van der Waals surface area (Å²) in [5.41, 5.74) is 3.96. The average molecular weight is 514 g/mol. The molecule has 3 aromatic carbocycles. The number of carbonyl (C=O) groups excluding carboxylic acids is 1. The molecule has 0 radical (unpaired) electrons. The molecule has 0 aliphatic carbocycles. The van der Waals surface area contributed by atoms with Crippen molar-refractivity contribution in [3.63, 3.8) is 0 Å². The van der Waals surface area contributed by atoms with E-state index in [1.807, 2.05) is 35.8 Å². The zero-order valence-corrected chi connectivity index (χ0v) is 20.6. The Hall–Kier alpha value is -3.43. The lowest BCUT2D eigenvalue weighted by atomic mass is 10.1. The second kappa shape index (κ2) is 10.9. The van der Waals surface area contributed by atoms with Gasteiger partial charge in [-0.2, -0.15) is 0 Å². The molecular formula is C25H22ClF2N5OS. The maximum absolute atomic E-state index is 13.9. The van der Waals surface area contributed by atoms with Crippen LogP contribution in [0.1, 0.15) is 22.5 Å². The van der Waals surface area contributed by atoms with Crippen molar-refractivity contribution in [3.05, 3.63) is 99.8 Å². The van der Waals surface area contributed by atoms with Gasteiger partial charge in [0, 0.05) is 16.8 Å². The molecule has 0 bridgehead atoms. The highest BCUT2D eigenvalue weighted by molar-refractivity contribution is 7.98. The van der Waals surface area contributed by atoms with E-state index in [4.69, 9.17) is 11.6 Å². The largest absolute Gasteiger partial charge is 0.331 e. The summed E-state index contributed by atoms with van der Waals surface area (Å²) in [7, 11) is 0. The number of thioether (sulfide) groups is 1. The Morgan fingerprint density at radius 1 is 1.03 bits per heavy atom. The van der Waals surface area contributed by atoms with Gasteiger partial charge in [0.05, 0.1) is 17.9 Å². The molecule has 1 heterocycles. The van der Waals surface area contributed by atoms with Crippen molar-refractivity contribution in [2.45, 2.75) is 31.3 Å². The molecule has 35 heavy (non-hydrogen) atoms. The van der Waals surface area contributed by atoms with Gasteiger partial charge < -0.3 is 10.6 Å². The number of amides is 2. The highest BCUT2D eigenvalue weighted by atomic mass is 35.5. The van der Waals surface area contributed by atoms with E-state index in [-0.39, 0.29) is 12.2 Å². The summed E-state index contributed by atoms with van der Waals surface area (Å²) < 4.78 is 28.8. The molecule has 10 heteroatoms. The first kappa shape index (κ1) is 24.7. The zero-order valence-electron chi connectivity index (χ0n) is 19.0. The maximum Gasteiger partial charge on any atom is 0.319 e. The van der Waals surface area contributed by atoms with E-state index in [1.165, 1.54) is 22.9 Å². The predicted molar refractivity (Wildman–Crippen MR) is 134 cm³/mol. The van der Waals surface area contributed by atoms with Crippen LogP contribution in [0.5, 0.6) is 0 Å². The number of hydrogen-bond acceptors (Lipinski definition) is 4. The fourth-order valence-electron chi connectivity index (χ4n) is 3.40. The highest BCUT2D eigenvalue weighted by Crippen LogP contribution is 2.29. The van der Waals surface area contributed by atoms with Gasteiger partial charge in [-0.15, -0.1) is 10.2 Å². The molecule has 4 rings (SSSR count). The van der Waals surface area contributed by atoms with Gasteiger partial charge in [0.25, 0.3) is 0 Å². The zero-order chi connectivity index (χ0) is 24.9. The highest BCUT2D eigenvalue weighted by Gasteiger charge is 2.18. The van der Waals surface area contributed by atoms with Gasteiger partial charge in [-0.25, -0.2) is 13.6 Å². The number of nitrogens with one attached hydrogen (secondary N) is 2. The molecule has 0 saturated carbocycles. The van der Waals surface area contributed by atoms with Crippen LogP contribution in [0.4, 0.5) is 19.3 Å². The topological polar surface area (TPSA) is 71.8 Å². The Morgan fingerprint density at radius 2 is 1.83 bits per heavy atom. The van der Waals surface area contributed by atoms with Gasteiger partial charge in [-0.1, -0.05) is 53.7 Å². The molecule has 2 N–H and O–H groups in total.